The topological polar surface area (TPSA) is 48.4 Å². The van der Waals surface area contributed by atoms with Gasteiger partial charge >= 0.3 is 0 Å². The zero-order chi connectivity index (χ0) is 13.8. The summed E-state index contributed by atoms with van der Waals surface area (Å²) < 4.78 is 0. The molecule has 0 aromatic carbocycles. The highest BCUT2D eigenvalue weighted by atomic mass is 16.3. The van der Waals surface area contributed by atoms with Crippen LogP contribution in [0.25, 0.3) is 0 Å². The molecule has 1 fully saturated rings. The molecule has 1 aliphatic rings. The highest BCUT2D eigenvalue weighted by Crippen LogP contribution is 2.26. The van der Waals surface area contributed by atoms with Gasteiger partial charge in [0, 0.05) is 25.0 Å². The maximum absolute atomic E-state index is 9.65. The van der Waals surface area contributed by atoms with Crippen LogP contribution in [0.5, 0.6) is 0 Å². The summed E-state index contributed by atoms with van der Waals surface area (Å²) in [7, 11) is 1.97. The Morgan fingerprint density at radius 2 is 2.32 bits per heavy atom. The number of anilines is 1. The fraction of sp³-hybridized carbons (Fsp3) is 0.667. The molecule has 3 unspecified atom stereocenters. The maximum atomic E-state index is 9.65. The summed E-state index contributed by atoms with van der Waals surface area (Å²) in [5.41, 5.74) is 2.26. The van der Waals surface area contributed by atoms with E-state index in [2.05, 4.69) is 34.3 Å². The molecule has 0 saturated carbocycles. The molecule has 0 radical (unpaired) electrons. The van der Waals surface area contributed by atoms with Crippen molar-refractivity contribution in [1.82, 2.24) is 10.3 Å². The molecule has 1 aliphatic heterocycles. The summed E-state index contributed by atoms with van der Waals surface area (Å²) in [6.07, 6.45) is 3.84. The van der Waals surface area contributed by atoms with Crippen LogP contribution in [0.1, 0.15) is 38.4 Å². The molecule has 1 aromatic heterocycles. The van der Waals surface area contributed by atoms with Gasteiger partial charge in [0.25, 0.3) is 0 Å². The van der Waals surface area contributed by atoms with Crippen LogP contribution < -0.4 is 10.2 Å². The van der Waals surface area contributed by atoms with Gasteiger partial charge in [0.1, 0.15) is 0 Å². The Hall–Kier alpha value is -1.13. The average Bonchev–Trinajstić information content (AvgIpc) is 2.91. The molecule has 0 aliphatic carbocycles. The standard InChI is InChI=1S/C15H25N3O/c1-4-14(16-3)15-6-5-13(9-17-15)18-8-7-12(10-18)11(2)19/h5-6,9,11-12,14,16,19H,4,7-8,10H2,1-3H3. The van der Waals surface area contributed by atoms with Gasteiger partial charge < -0.3 is 15.3 Å². The summed E-state index contributed by atoms with van der Waals surface area (Å²) in [6.45, 7) is 5.99. The highest BCUT2D eigenvalue weighted by Gasteiger charge is 2.26. The summed E-state index contributed by atoms with van der Waals surface area (Å²) in [4.78, 5) is 6.88. The molecule has 1 saturated heterocycles. The number of nitrogens with one attached hydrogen (secondary N) is 1. The number of rotatable bonds is 5. The molecular formula is C15H25N3O. The average molecular weight is 263 g/mol. The lowest BCUT2D eigenvalue weighted by atomic mass is 10.0. The van der Waals surface area contributed by atoms with Crippen molar-refractivity contribution >= 4 is 5.69 Å². The largest absolute Gasteiger partial charge is 0.393 e. The molecule has 4 heteroatoms. The van der Waals surface area contributed by atoms with Crippen molar-refractivity contribution in [2.75, 3.05) is 25.0 Å². The van der Waals surface area contributed by atoms with Gasteiger partial charge in [0.15, 0.2) is 0 Å². The molecule has 0 bridgehead atoms. The van der Waals surface area contributed by atoms with E-state index in [1.54, 1.807) is 0 Å². The van der Waals surface area contributed by atoms with Crippen LogP contribution in [-0.4, -0.2) is 36.3 Å². The number of aliphatic hydroxyl groups excluding tert-OH is 1. The van der Waals surface area contributed by atoms with E-state index in [0.717, 1.165) is 37.3 Å². The molecule has 0 spiro atoms. The van der Waals surface area contributed by atoms with Crippen molar-refractivity contribution < 1.29 is 5.11 Å². The van der Waals surface area contributed by atoms with Crippen molar-refractivity contribution in [3.8, 4) is 0 Å². The molecule has 2 N–H and O–H groups in total. The SMILES string of the molecule is CCC(NC)c1ccc(N2CCC(C(C)O)C2)cn1. The fourth-order valence-corrected chi connectivity index (χ4v) is 2.77. The molecular weight excluding hydrogens is 238 g/mol. The van der Waals surface area contributed by atoms with Crippen molar-refractivity contribution in [1.29, 1.82) is 0 Å². The lowest BCUT2D eigenvalue weighted by Gasteiger charge is -2.20. The van der Waals surface area contributed by atoms with E-state index in [-0.39, 0.29) is 6.10 Å². The maximum Gasteiger partial charge on any atom is 0.0574 e. The van der Waals surface area contributed by atoms with Crippen LogP contribution in [0.3, 0.4) is 0 Å². The number of pyridine rings is 1. The molecule has 4 nitrogen and oxygen atoms in total. The normalized spacial score (nSPS) is 22.5. The highest BCUT2D eigenvalue weighted by molar-refractivity contribution is 5.46. The second-order valence-corrected chi connectivity index (χ2v) is 5.43. The molecule has 106 valence electrons. The Kier molecular flexibility index (Phi) is 4.77. The molecule has 2 rings (SSSR count). The van der Waals surface area contributed by atoms with E-state index in [1.165, 1.54) is 0 Å². The zero-order valence-electron chi connectivity index (χ0n) is 12.1. The Morgan fingerprint density at radius 3 is 2.79 bits per heavy atom. The van der Waals surface area contributed by atoms with Crippen LogP contribution >= 0.6 is 0 Å². The third kappa shape index (κ3) is 3.25. The lowest BCUT2D eigenvalue weighted by Crippen LogP contribution is -2.24. The minimum absolute atomic E-state index is 0.217. The second-order valence-electron chi connectivity index (χ2n) is 5.43. The predicted molar refractivity (Wildman–Crippen MR) is 78.3 cm³/mol. The first kappa shape index (κ1) is 14.3. The fourth-order valence-electron chi connectivity index (χ4n) is 2.77. The Morgan fingerprint density at radius 1 is 1.53 bits per heavy atom. The molecule has 1 aromatic rings. The molecule has 3 atom stereocenters. The van der Waals surface area contributed by atoms with Crippen LogP contribution in [0, 0.1) is 5.92 Å². The van der Waals surface area contributed by atoms with Crippen LogP contribution in [-0.2, 0) is 0 Å². The predicted octanol–water partition coefficient (Wildman–Crippen LogP) is 1.96. The Labute approximate surface area is 115 Å². The minimum Gasteiger partial charge on any atom is -0.393 e. The van der Waals surface area contributed by atoms with Crippen molar-refractivity contribution in [2.45, 2.75) is 38.8 Å². The first-order valence-electron chi connectivity index (χ1n) is 7.22. The number of aliphatic hydroxyl groups is 1. The van der Waals surface area contributed by atoms with Crippen molar-refractivity contribution in [2.24, 2.45) is 5.92 Å². The van der Waals surface area contributed by atoms with Gasteiger partial charge in [-0.05, 0) is 38.9 Å². The smallest absolute Gasteiger partial charge is 0.0574 e. The van der Waals surface area contributed by atoms with Gasteiger partial charge in [0.2, 0.25) is 0 Å². The van der Waals surface area contributed by atoms with Crippen LogP contribution in [0.15, 0.2) is 18.3 Å². The van der Waals surface area contributed by atoms with Crippen molar-refractivity contribution in [3.63, 3.8) is 0 Å². The third-order valence-electron chi connectivity index (χ3n) is 4.16. The Balaban J connectivity index is 2.03. The summed E-state index contributed by atoms with van der Waals surface area (Å²) in [6, 6.07) is 4.58. The van der Waals surface area contributed by atoms with E-state index in [0.29, 0.717) is 12.0 Å². The van der Waals surface area contributed by atoms with Crippen LogP contribution in [0.2, 0.25) is 0 Å². The van der Waals surface area contributed by atoms with Gasteiger partial charge in [-0.2, -0.15) is 0 Å². The van der Waals surface area contributed by atoms with Gasteiger partial charge in [-0.3, -0.25) is 4.98 Å². The summed E-state index contributed by atoms with van der Waals surface area (Å²) in [5.74, 6) is 0.389. The third-order valence-corrected chi connectivity index (χ3v) is 4.16. The summed E-state index contributed by atoms with van der Waals surface area (Å²) in [5, 5.41) is 12.9. The minimum atomic E-state index is -0.217. The van der Waals surface area contributed by atoms with E-state index in [1.807, 2.05) is 20.2 Å². The molecule has 2 heterocycles. The van der Waals surface area contributed by atoms with Crippen LogP contribution in [0.4, 0.5) is 5.69 Å². The number of aromatic nitrogens is 1. The first-order chi connectivity index (χ1) is 9.15. The quantitative estimate of drug-likeness (QED) is 0.852. The molecule has 0 amide bonds. The van der Waals surface area contributed by atoms with E-state index >= 15 is 0 Å². The monoisotopic (exact) mass is 263 g/mol. The summed E-state index contributed by atoms with van der Waals surface area (Å²) >= 11 is 0. The van der Waals surface area contributed by atoms with Gasteiger partial charge in [0.05, 0.1) is 23.7 Å². The Bertz CT molecular complexity index is 387. The van der Waals surface area contributed by atoms with Gasteiger partial charge in [-0.25, -0.2) is 0 Å². The number of nitrogens with zero attached hydrogens (tertiary/aromatic N) is 2. The van der Waals surface area contributed by atoms with E-state index < -0.39 is 0 Å². The van der Waals surface area contributed by atoms with Gasteiger partial charge in [-0.1, -0.05) is 6.92 Å². The van der Waals surface area contributed by atoms with Crippen molar-refractivity contribution in [3.05, 3.63) is 24.0 Å². The number of hydrogen-bond acceptors (Lipinski definition) is 4. The second kappa shape index (κ2) is 6.35. The van der Waals surface area contributed by atoms with E-state index in [4.69, 9.17) is 0 Å². The molecule has 19 heavy (non-hydrogen) atoms. The van der Waals surface area contributed by atoms with Gasteiger partial charge in [-0.15, -0.1) is 0 Å². The lowest BCUT2D eigenvalue weighted by molar-refractivity contribution is 0.136. The number of hydrogen-bond donors (Lipinski definition) is 2. The first-order valence-corrected chi connectivity index (χ1v) is 7.22. The zero-order valence-corrected chi connectivity index (χ0v) is 12.1. The van der Waals surface area contributed by atoms with E-state index in [9.17, 15) is 5.11 Å².